The van der Waals surface area contributed by atoms with Gasteiger partial charge in [-0.05, 0) is 38.1 Å². The Morgan fingerprint density at radius 1 is 0.739 bits per heavy atom. The number of nitrogens with zero attached hydrogens (tertiary/aromatic N) is 1. The smallest absolute Gasteiger partial charge is 0.200 e. The molecule has 23 heavy (non-hydrogen) atoms. The molecule has 0 radical (unpaired) electrons. The lowest BCUT2D eigenvalue weighted by molar-refractivity contribution is 0.537. The maximum atomic E-state index is 12.6. The molecule has 2 rings (SSSR count). The molecule has 0 aliphatic carbocycles. The van der Waals surface area contributed by atoms with Gasteiger partial charge in [-0.3, -0.25) is 0 Å². The third-order valence-corrected chi connectivity index (χ3v) is 7.42. The van der Waals surface area contributed by atoms with Gasteiger partial charge >= 0.3 is 0 Å². The van der Waals surface area contributed by atoms with Gasteiger partial charge in [-0.2, -0.15) is 3.71 Å². The predicted octanol–water partition coefficient (Wildman–Crippen LogP) is 2.83. The van der Waals surface area contributed by atoms with Crippen LogP contribution in [0.25, 0.3) is 0 Å². The van der Waals surface area contributed by atoms with Crippen LogP contribution in [0.1, 0.15) is 11.1 Å². The largest absolute Gasteiger partial charge is 0.277 e. The first kappa shape index (κ1) is 17.2. The molecule has 0 fully saturated rings. The summed E-state index contributed by atoms with van der Waals surface area (Å²) in [7, 11) is -8.51. The van der Waals surface area contributed by atoms with Crippen LogP contribution in [0, 0.1) is 13.8 Å². The van der Waals surface area contributed by atoms with E-state index in [4.69, 9.17) is 0 Å². The van der Waals surface area contributed by atoms with Gasteiger partial charge in [-0.1, -0.05) is 42.0 Å². The van der Waals surface area contributed by atoms with Crippen molar-refractivity contribution < 1.29 is 16.8 Å². The molecule has 5 nitrogen and oxygen atoms in total. The Kier molecular flexibility index (Phi) is 4.63. The molecule has 0 spiro atoms. The zero-order valence-corrected chi connectivity index (χ0v) is 14.4. The van der Waals surface area contributed by atoms with E-state index in [1.807, 2.05) is 13.8 Å². The molecule has 7 heteroatoms. The molecule has 0 N–H and O–H groups in total. The Hall–Kier alpha value is -2.12. The summed E-state index contributed by atoms with van der Waals surface area (Å²) in [5.74, 6) is 0. The summed E-state index contributed by atoms with van der Waals surface area (Å²) in [6.45, 7) is 6.97. The van der Waals surface area contributed by atoms with Crippen LogP contribution in [0.2, 0.25) is 0 Å². The van der Waals surface area contributed by atoms with E-state index in [0.717, 1.165) is 17.3 Å². The molecule has 0 heterocycles. The van der Waals surface area contributed by atoms with Crippen molar-refractivity contribution in [2.24, 2.45) is 0 Å². The molecule has 0 unspecified atom stereocenters. The topological polar surface area (TPSA) is 71.5 Å². The van der Waals surface area contributed by atoms with Gasteiger partial charge in [0.2, 0.25) is 0 Å². The summed E-state index contributed by atoms with van der Waals surface area (Å²) in [4.78, 5) is -0.225. The highest BCUT2D eigenvalue weighted by molar-refractivity contribution is 8.04. The molecular weight excluding hydrogens is 334 g/mol. The molecule has 0 aliphatic rings. The van der Waals surface area contributed by atoms with E-state index in [-0.39, 0.29) is 9.79 Å². The Morgan fingerprint density at radius 3 is 1.30 bits per heavy atom. The summed E-state index contributed by atoms with van der Waals surface area (Å²) >= 11 is 0. The molecule has 0 bridgehead atoms. The zero-order chi connectivity index (χ0) is 17.3. The summed E-state index contributed by atoms with van der Waals surface area (Å²) in [6.07, 6.45) is 0.796. The van der Waals surface area contributed by atoms with Crippen LogP contribution in [0.3, 0.4) is 0 Å². The highest BCUT2D eigenvalue weighted by atomic mass is 32.3. The number of hydrogen-bond acceptors (Lipinski definition) is 4. The average Bonchev–Trinajstić information content (AvgIpc) is 2.48. The van der Waals surface area contributed by atoms with E-state index in [1.54, 1.807) is 24.3 Å². The van der Waals surface area contributed by atoms with Crippen molar-refractivity contribution in [3.63, 3.8) is 0 Å². The second kappa shape index (κ2) is 6.17. The van der Waals surface area contributed by atoms with Gasteiger partial charge in [-0.25, -0.2) is 16.8 Å². The minimum absolute atomic E-state index is 0.112. The van der Waals surface area contributed by atoms with Gasteiger partial charge in [0.15, 0.2) is 0 Å². The average molecular weight is 351 g/mol. The van der Waals surface area contributed by atoms with Crippen molar-refractivity contribution in [3.8, 4) is 0 Å². The first-order valence-electron chi connectivity index (χ1n) is 6.75. The minimum Gasteiger partial charge on any atom is -0.200 e. The van der Waals surface area contributed by atoms with Gasteiger partial charge in [0.05, 0.1) is 9.79 Å². The first-order chi connectivity index (χ1) is 10.7. The molecule has 0 amide bonds. The normalized spacial score (nSPS) is 11.9. The summed E-state index contributed by atoms with van der Waals surface area (Å²) < 4.78 is 50.8. The Morgan fingerprint density at radius 2 is 1.04 bits per heavy atom. The van der Waals surface area contributed by atoms with Crippen LogP contribution in [0.4, 0.5) is 0 Å². The number of aryl methyl sites for hydroxylation is 2. The monoisotopic (exact) mass is 351 g/mol. The van der Waals surface area contributed by atoms with Crippen molar-refractivity contribution >= 4 is 20.0 Å². The van der Waals surface area contributed by atoms with Gasteiger partial charge in [0.1, 0.15) is 0 Å². The van der Waals surface area contributed by atoms with E-state index in [9.17, 15) is 16.8 Å². The molecular formula is C16H17NO4S2. The van der Waals surface area contributed by atoms with Gasteiger partial charge in [0.25, 0.3) is 20.0 Å². The molecule has 0 atom stereocenters. The quantitative estimate of drug-likeness (QED) is 0.830. The van der Waals surface area contributed by atoms with Crippen LogP contribution in [0.15, 0.2) is 71.1 Å². The van der Waals surface area contributed by atoms with Crippen LogP contribution in [0.5, 0.6) is 0 Å². The molecule has 2 aromatic rings. The minimum atomic E-state index is -4.26. The Bertz CT molecular complexity index is 838. The predicted molar refractivity (Wildman–Crippen MR) is 88.8 cm³/mol. The lowest BCUT2D eigenvalue weighted by atomic mass is 10.2. The van der Waals surface area contributed by atoms with Gasteiger partial charge in [-0.15, -0.1) is 0 Å². The fraction of sp³-hybridized carbons (Fsp3) is 0.125. The van der Waals surface area contributed by atoms with Crippen molar-refractivity contribution in [3.05, 3.63) is 72.4 Å². The zero-order valence-electron chi connectivity index (χ0n) is 12.8. The summed E-state index contributed by atoms with van der Waals surface area (Å²) in [5.41, 5.74) is 1.74. The lowest BCUT2D eigenvalue weighted by Gasteiger charge is -2.20. The van der Waals surface area contributed by atoms with Crippen LogP contribution < -0.4 is 0 Å². The third kappa shape index (κ3) is 3.30. The van der Waals surface area contributed by atoms with E-state index in [2.05, 4.69) is 6.58 Å². The van der Waals surface area contributed by atoms with Crippen molar-refractivity contribution in [2.45, 2.75) is 23.6 Å². The molecule has 0 saturated carbocycles. The van der Waals surface area contributed by atoms with Gasteiger partial charge < -0.3 is 0 Å². The SMILES string of the molecule is C=CN(S(=O)(=O)c1ccc(C)cc1)S(=O)(=O)c1ccc(C)cc1. The van der Waals surface area contributed by atoms with Crippen molar-refractivity contribution in [1.29, 1.82) is 0 Å². The lowest BCUT2D eigenvalue weighted by Crippen LogP contribution is -2.32. The standard InChI is InChI=1S/C16H17NO4S2/c1-4-17(22(18,19)15-9-5-13(2)6-10-15)23(20,21)16-11-7-14(3)8-12-16/h4-12H,1H2,2-3H3. The summed E-state index contributed by atoms with van der Waals surface area (Å²) in [5, 5.41) is 0. The maximum absolute atomic E-state index is 12.6. The first-order valence-corrected chi connectivity index (χ1v) is 9.63. The number of sulfonamides is 2. The maximum Gasteiger partial charge on any atom is 0.277 e. The molecule has 0 saturated heterocycles. The molecule has 122 valence electrons. The summed E-state index contributed by atoms with van der Waals surface area (Å²) in [6, 6.07) is 11.9. The van der Waals surface area contributed by atoms with Crippen molar-refractivity contribution in [1.82, 2.24) is 3.71 Å². The van der Waals surface area contributed by atoms with Crippen molar-refractivity contribution in [2.75, 3.05) is 0 Å². The Balaban J connectivity index is 2.55. The van der Waals surface area contributed by atoms with Crippen LogP contribution >= 0.6 is 0 Å². The second-order valence-electron chi connectivity index (χ2n) is 5.04. The van der Waals surface area contributed by atoms with Crippen LogP contribution in [-0.2, 0) is 20.0 Å². The van der Waals surface area contributed by atoms with Gasteiger partial charge in [0, 0.05) is 6.20 Å². The number of hydrogen-bond donors (Lipinski definition) is 0. The van der Waals surface area contributed by atoms with E-state index < -0.39 is 20.0 Å². The molecule has 2 aromatic carbocycles. The number of benzene rings is 2. The van der Waals surface area contributed by atoms with E-state index in [0.29, 0.717) is 3.71 Å². The second-order valence-corrected chi connectivity index (χ2v) is 8.91. The van der Waals surface area contributed by atoms with Crippen LogP contribution in [-0.4, -0.2) is 20.5 Å². The molecule has 0 aliphatic heterocycles. The fourth-order valence-electron chi connectivity index (χ4n) is 1.95. The molecule has 0 aromatic heterocycles. The van der Waals surface area contributed by atoms with E-state index >= 15 is 0 Å². The van der Waals surface area contributed by atoms with E-state index in [1.165, 1.54) is 24.3 Å². The highest BCUT2D eigenvalue weighted by Crippen LogP contribution is 2.25. The number of rotatable bonds is 5. The fourth-order valence-corrected chi connectivity index (χ4v) is 5.27. The third-order valence-electron chi connectivity index (χ3n) is 3.26. The highest BCUT2D eigenvalue weighted by Gasteiger charge is 2.33. The Labute approximate surface area is 137 Å².